The predicted octanol–water partition coefficient (Wildman–Crippen LogP) is -0.00520. The first-order valence-corrected chi connectivity index (χ1v) is 6.50. The highest BCUT2D eigenvalue weighted by atomic mass is 17.1. The average molecular weight is 289 g/mol. The molecule has 5 N–H and O–H groups in total. The molecule has 1 fully saturated rings. The molecule has 1 aliphatic heterocycles. The minimum Gasteiger partial charge on any atom is -0.626 e. The van der Waals surface area contributed by atoms with E-state index in [1.807, 2.05) is 24.3 Å². The second-order valence-corrected chi connectivity index (χ2v) is 4.90. The van der Waals surface area contributed by atoms with Crippen molar-refractivity contribution in [3.63, 3.8) is 0 Å². The van der Waals surface area contributed by atoms with Crippen molar-refractivity contribution >= 4 is 5.69 Å². The highest BCUT2D eigenvalue weighted by Gasteiger charge is 2.58. The Morgan fingerprint density at radius 1 is 1.00 bits per heavy atom. The highest BCUT2D eigenvalue weighted by molar-refractivity contribution is 5.30. The molecular formula is C14H17N4O3+. The van der Waals surface area contributed by atoms with Gasteiger partial charge >= 0.3 is 5.72 Å². The maximum absolute atomic E-state index is 12.9. The van der Waals surface area contributed by atoms with Crippen molar-refractivity contribution in [3.05, 3.63) is 71.4 Å². The van der Waals surface area contributed by atoms with Crippen molar-refractivity contribution in [3.8, 4) is 0 Å². The molecule has 0 spiro atoms. The Bertz CT molecular complexity index is 608. The molecule has 7 nitrogen and oxygen atoms in total. The molecule has 21 heavy (non-hydrogen) atoms. The van der Waals surface area contributed by atoms with Gasteiger partial charge in [-0.1, -0.05) is 48.1 Å². The lowest BCUT2D eigenvalue weighted by Crippen LogP contribution is -3.11. The molecule has 3 rings (SSSR count). The third kappa shape index (κ3) is 2.55. The number of quaternary nitrogens is 2. The molecule has 1 saturated heterocycles. The number of hydrogen-bond acceptors (Lipinski definition) is 5. The summed E-state index contributed by atoms with van der Waals surface area (Å²) in [6, 6.07) is 17.9. The molecule has 0 amide bonds. The van der Waals surface area contributed by atoms with Gasteiger partial charge in [-0.2, -0.15) is 0 Å². The van der Waals surface area contributed by atoms with E-state index in [2.05, 4.69) is 0 Å². The standard InChI is InChI=1S/C14H17N4O3/c15-18(16)20-11-14(21-18,12-7-3-1-4-8-12)17(19)13-9-5-2-6-10-13/h1-10,17H,11,15-16H2/q+1. The van der Waals surface area contributed by atoms with E-state index in [0.717, 1.165) is 0 Å². The summed E-state index contributed by atoms with van der Waals surface area (Å²) in [6.07, 6.45) is 0. The van der Waals surface area contributed by atoms with Gasteiger partial charge in [-0.25, -0.2) is 0 Å². The quantitative estimate of drug-likeness (QED) is 0.419. The van der Waals surface area contributed by atoms with Gasteiger partial charge in [0.25, 0.3) is 0 Å². The first-order chi connectivity index (χ1) is 10.0. The number of rotatable bonds is 3. The summed E-state index contributed by atoms with van der Waals surface area (Å²) in [6.45, 7) is -0.0578. The van der Waals surface area contributed by atoms with Crippen molar-refractivity contribution in [1.82, 2.24) is 0 Å². The maximum Gasteiger partial charge on any atom is 0.321 e. The van der Waals surface area contributed by atoms with Gasteiger partial charge < -0.3 is 10.3 Å². The van der Waals surface area contributed by atoms with E-state index in [1.54, 1.807) is 36.4 Å². The molecule has 0 aromatic heterocycles. The fraction of sp³-hybridized carbons (Fsp3) is 0.143. The van der Waals surface area contributed by atoms with Gasteiger partial charge in [0.05, 0.1) is 5.56 Å². The molecule has 1 heterocycles. The van der Waals surface area contributed by atoms with Crippen LogP contribution in [-0.4, -0.2) is 11.6 Å². The van der Waals surface area contributed by atoms with Crippen molar-refractivity contribution in [2.24, 2.45) is 11.7 Å². The fourth-order valence-corrected chi connectivity index (χ4v) is 2.39. The number of hydrogen-bond donors (Lipinski definition) is 3. The third-order valence-corrected chi connectivity index (χ3v) is 3.41. The average Bonchev–Trinajstić information content (AvgIpc) is 2.85. The number of nitrogens with one attached hydrogen (secondary N) is 1. The van der Waals surface area contributed by atoms with Crippen LogP contribution in [0.3, 0.4) is 0 Å². The Kier molecular flexibility index (Phi) is 3.47. The molecule has 2 aromatic carbocycles. The molecule has 0 aliphatic carbocycles. The summed E-state index contributed by atoms with van der Waals surface area (Å²) in [7, 11) is 0. The van der Waals surface area contributed by atoms with Gasteiger partial charge in [0.15, 0.2) is 0 Å². The van der Waals surface area contributed by atoms with Crippen LogP contribution in [-0.2, 0) is 15.4 Å². The molecule has 2 atom stereocenters. The predicted molar refractivity (Wildman–Crippen MR) is 74.2 cm³/mol. The van der Waals surface area contributed by atoms with E-state index in [9.17, 15) is 5.21 Å². The van der Waals surface area contributed by atoms with Gasteiger partial charge in [-0.15, -0.1) is 4.84 Å². The smallest absolute Gasteiger partial charge is 0.321 e. The summed E-state index contributed by atoms with van der Waals surface area (Å²) in [5.41, 5.74) is -0.201. The number of nitrogens with zero attached hydrogens (tertiary/aromatic N) is 1. The van der Waals surface area contributed by atoms with Crippen LogP contribution in [0.5, 0.6) is 0 Å². The molecule has 7 heteroatoms. The van der Waals surface area contributed by atoms with Gasteiger partial charge in [0.1, 0.15) is 10.7 Å². The van der Waals surface area contributed by atoms with Crippen LogP contribution >= 0.6 is 0 Å². The van der Waals surface area contributed by atoms with Crippen LogP contribution in [0, 0.1) is 5.21 Å². The third-order valence-electron chi connectivity index (χ3n) is 3.41. The van der Waals surface area contributed by atoms with Crippen molar-refractivity contribution in [2.45, 2.75) is 5.72 Å². The zero-order chi connectivity index (χ0) is 14.9. The maximum atomic E-state index is 12.9. The second-order valence-electron chi connectivity index (χ2n) is 4.90. The SMILES string of the molecule is N[N+]1(N)OCC(c2ccccc2)([NH+]([O-])c2ccccc2)O1. The number of hydroxylamine groups is 1. The summed E-state index contributed by atoms with van der Waals surface area (Å²) >= 11 is 0. The summed E-state index contributed by atoms with van der Waals surface area (Å²) in [5, 5.41) is 11.6. The van der Waals surface area contributed by atoms with Gasteiger partial charge in [-0.3, -0.25) is 0 Å². The summed E-state index contributed by atoms with van der Waals surface area (Å²) in [5.74, 6) is 11.3. The van der Waals surface area contributed by atoms with E-state index in [0.29, 0.717) is 11.3 Å². The minimum absolute atomic E-state index is 0.0578. The fourth-order valence-electron chi connectivity index (χ4n) is 2.39. The lowest BCUT2D eigenvalue weighted by Gasteiger charge is -2.35. The van der Waals surface area contributed by atoms with Crippen LogP contribution in [0.1, 0.15) is 5.56 Å². The Balaban J connectivity index is 2.06. The highest BCUT2D eigenvalue weighted by Crippen LogP contribution is 2.29. The van der Waals surface area contributed by atoms with Crippen molar-refractivity contribution in [2.75, 3.05) is 6.61 Å². The molecule has 2 aromatic rings. The van der Waals surface area contributed by atoms with Gasteiger partial charge in [-0.05, 0) is 29.1 Å². The monoisotopic (exact) mass is 289 g/mol. The first kappa shape index (κ1) is 14.1. The zero-order valence-electron chi connectivity index (χ0n) is 11.3. The van der Waals surface area contributed by atoms with Crippen LogP contribution in [0.25, 0.3) is 0 Å². The zero-order valence-corrected chi connectivity index (χ0v) is 11.3. The van der Waals surface area contributed by atoms with Crippen molar-refractivity contribution in [1.29, 1.82) is 0 Å². The second kappa shape index (κ2) is 5.17. The first-order valence-electron chi connectivity index (χ1n) is 6.50. The summed E-state index contributed by atoms with van der Waals surface area (Å²) < 4.78 is 0. The van der Waals surface area contributed by atoms with E-state index in [1.165, 1.54) is 0 Å². The molecule has 1 aliphatic rings. The van der Waals surface area contributed by atoms with E-state index in [-0.39, 0.29) is 11.7 Å². The van der Waals surface area contributed by atoms with E-state index in [4.69, 9.17) is 21.4 Å². The lowest BCUT2D eigenvalue weighted by molar-refractivity contribution is -1.26. The lowest BCUT2D eigenvalue weighted by atomic mass is 10.0. The van der Waals surface area contributed by atoms with Crippen LogP contribution in [0.15, 0.2) is 60.7 Å². The van der Waals surface area contributed by atoms with Crippen LogP contribution in [0.4, 0.5) is 5.69 Å². The van der Waals surface area contributed by atoms with Crippen LogP contribution < -0.4 is 16.7 Å². The van der Waals surface area contributed by atoms with Crippen molar-refractivity contribution < 1.29 is 19.8 Å². The Labute approximate surface area is 121 Å². The van der Waals surface area contributed by atoms with Crippen LogP contribution in [0.2, 0.25) is 0 Å². The van der Waals surface area contributed by atoms with Gasteiger partial charge in [0, 0.05) is 0 Å². The number of para-hydroxylation sites is 1. The largest absolute Gasteiger partial charge is 0.626 e. The molecule has 0 saturated carbocycles. The number of nitrogens with two attached hydrogens (primary N) is 2. The normalized spacial score (nSPS) is 25.7. The summed E-state index contributed by atoms with van der Waals surface area (Å²) in [4.78, 5) is 10.8. The minimum atomic E-state index is -1.36. The van der Waals surface area contributed by atoms with Gasteiger partial charge in [0.2, 0.25) is 6.61 Å². The number of benzene rings is 2. The Morgan fingerprint density at radius 2 is 1.57 bits per heavy atom. The Morgan fingerprint density at radius 3 is 2.10 bits per heavy atom. The molecule has 110 valence electrons. The molecular weight excluding hydrogens is 272 g/mol. The molecule has 2 unspecified atom stereocenters. The van der Waals surface area contributed by atoms with E-state index < -0.39 is 10.8 Å². The Hall–Kier alpha value is -1.84. The molecule has 0 bridgehead atoms. The van der Waals surface area contributed by atoms with E-state index >= 15 is 0 Å². The molecule has 0 radical (unpaired) electrons. The topological polar surface area (TPSA) is 98.0 Å².